The highest BCUT2D eigenvalue weighted by Gasteiger charge is 2.35. The SMILES string of the molecule is Cn1nccc1N1N=C2c3ccsc3CCC2CC1=O. The van der Waals surface area contributed by atoms with Gasteiger partial charge in [-0.15, -0.1) is 11.3 Å². The molecule has 1 aliphatic heterocycles. The molecule has 4 rings (SSSR count). The minimum atomic E-state index is 0.0565. The fourth-order valence-electron chi connectivity index (χ4n) is 2.97. The maximum Gasteiger partial charge on any atom is 0.249 e. The van der Waals surface area contributed by atoms with Crippen LogP contribution in [0.15, 0.2) is 28.8 Å². The molecule has 1 amide bonds. The summed E-state index contributed by atoms with van der Waals surface area (Å²) in [5.41, 5.74) is 2.29. The predicted molar refractivity (Wildman–Crippen MR) is 78.0 cm³/mol. The Labute approximate surface area is 120 Å². The quantitative estimate of drug-likeness (QED) is 0.807. The van der Waals surface area contributed by atoms with Gasteiger partial charge in [-0.25, -0.2) is 0 Å². The summed E-state index contributed by atoms with van der Waals surface area (Å²) < 4.78 is 1.68. The number of hydrogen-bond donors (Lipinski definition) is 0. The molecular formula is C14H14N4OS. The Morgan fingerprint density at radius 3 is 3.10 bits per heavy atom. The Morgan fingerprint density at radius 2 is 2.30 bits per heavy atom. The first-order valence-electron chi connectivity index (χ1n) is 6.70. The van der Waals surface area contributed by atoms with Crippen LogP contribution in [0.5, 0.6) is 0 Å². The molecule has 0 bridgehead atoms. The van der Waals surface area contributed by atoms with Gasteiger partial charge in [0.05, 0.1) is 11.9 Å². The van der Waals surface area contributed by atoms with Crippen molar-refractivity contribution < 1.29 is 4.79 Å². The van der Waals surface area contributed by atoms with Crippen molar-refractivity contribution in [2.75, 3.05) is 5.01 Å². The molecule has 1 aliphatic carbocycles. The van der Waals surface area contributed by atoms with Crippen molar-refractivity contribution in [2.24, 2.45) is 18.1 Å². The third-order valence-electron chi connectivity index (χ3n) is 4.00. The van der Waals surface area contributed by atoms with Crippen LogP contribution in [0.25, 0.3) is 0 Å². The van der Waals surface area contributed by atoms with Gasteiger partial charge in [-0.2, -0.15) is 15.2 Å². The minimum absolute atomic E-state index is 0.0565. The molecule has 0 spiro atoms. The number of carbonyl (C=O) groups is 1. The van der Waals surface area contributed by atoms with E-state index < -0.39 is 0 Å². The molecule has 0 radical (unpaired) electrons. The van der Waals surface area contributed by atoms with Gasteiger partial charge in [-0.05, 0) is 24.3 Å². The van der Waals surface area contributed by atoms with Crippen molar-refractivity contribution in [3.63, 3.8) is 0 Å². The number of aryl methyl sites for hydroxylation is 2. The second-order valence-electron chi connectivity index (χ2n) is 5.20. The van der Waals surface area contributed by atoms with Crippen molar-refractivity contribution in [1.82, 2.24) is 9.78 Å². The Balaban J connectivity index is 1.83. The molecule has 2 aromatic heterocycles. The van der Waals surface area contributed by atoms with E-state index >= 15 is 0 Å². The van der Waals surface area contributed by atoms with E-state index in [4.69, 9.17) is 0 Å². The average Bonchev–Trinajstić information content (AvgIpc) is 3.06. The molecule has 0 fully saturated rings. The van der Waals surface area contributed by atoms with Crippen molar-refractivity contribution in [2.45, 2.75) is 19.3 Å². The molecule has 0 saturated carbocycles. The summed E-state index contributed by atoms with van der Waals surface area (Å²) in [4.78, 5) is 13.7. The predicted octanol–water partition coefficient (Wildman–Crippen LogP) is 2.19. The van der Waals surface area contributed by atoms with Crippen LogP contribution < -0.4 is 5.01 Å². The number of amides is 1. The van der Waals surface area contributed by atoms with E-state index in [1.165, 1.54) is 15.4 Å². The number of fused-ring (bicyclic) bond motifs is 3. The molecule has 6 heteroatoms. The molecule has 0 N–H and O–H groups in total. The Bertz CT molecular complexity index is 714. The first-order valence-corrected chi connectivity index (χ1v) is 7.58. The van der Waals surface area contributed by atoms with Crippen LogP contribution >= 0.6 is 11.3 Å². The van der Waals surface area contributed by atoms with E-state index in [2.05, 4.69) is 21.6 Å². The smallest absolute Gasteiger partial charge is 0.249 e. The fraction of sp³-hybridized carbons (Fsp3) is 0.357. The maximum atomic E-state index is 12.3. The van der Waals surface area contributed by atoms with Gasteiger partial charge in [0.25, 0.3) is 0 Å². The molecule has 5 nitrogen and oxygen atoms in total. The first-order chi connectivity index (χ1) is 9.74. The lowest BCUT2D eigenvalue weighted by atomic mass is 9.83. The number of carbonyl (C=O) groups excluding carboxylic acids is 1. The van der Waals surface area contributed by atoms with Gasteiger partial charge < -0.3 is 0 Å². The first kappa shape index (κ1) is 11.8. The van der Waals surface area contributed by atoms with E-state index in [1.807, 2.05) is 13.1 Å². The summed E-state index contributed by atoms with van der Waals surface area (Å²) >= 11 is 1.78. The summed E-state index contributed by atoms with van der Waals surface area (Å²) in [6.07, 6.45) is 4.32. The highest BCUT2D eigenvalue weighted by Crippen LogP contribution is 2.35. The van der Waals surface area contributed by atoms with E-state index in [9.17, 15) is 4.79 Å². The van der Waals surface area contributed by atoms with Gasteiger partial charge in [-0.3, -0.25) is 9.48 Å². The van der Waals surface area contributed by atoms with Crippen LogP contribution in [0.2, 0.25) is 0 Å². The summed E-state index contributed by atoms with van der Waals surface area (Å²) in [5, 5.41) is 12.4. The summed E-state index contributed by atoms with van der Waals surface area (Å²) in [6.45, 7) is 0. The van der Waals surface area contributed by atoms with E-state index in [0.29, 0.717) is 6.42 Å². The minimum Gasteiger partial charge on any atom is -0.272 e. The normalized spacial score (nSPS) is 21.4. The van der Waals surface area contributed by atoms with Crippen LogP contribution in [-0.2, 0) is 18.3 Å². The zero-order valence-corrected chi connectivity index (χ0v) is 11.9. The number of nitrogens with zero attached hydrogens (tertiary/aromatic N) is 4. The van der Waals surface area contributed by atoms with Crippen LogP contribution in [0.4, 0.5) is 5.82 Å². The van der Waals surface area contributed by atoms with Crippen LogP contribution in [0.1, 0.15) is 23.3 Å². The van der Waals surface area contributed by atoms with Gasteiger partial charge in [0.1, 0.15) is 0 Å². The van der Waals surface area contributed by atoms with Gasteiger partial charge in [-0.1, -0.05) is 0 Å². The number of anilines is 1. The van der Waals surface area contributed by atoms with Crippen LogP contribution in [0, 0.1) is 5.92 Å². The van der Waals surface area contributed by atoms with Gasteiger partial charge in [0.2, 0.25) is 5.91 Å². The largest absolute Gasteiger partial charge is 0.272 e. The fourth-order valence-corrected chi connectivity index (χ4v) is 3.88. The second kappa shape index (κ2) is 4.28. The number of hydrogen-bond acceptors (Lipinski definition) is 4. The van der Waals surface area contributed by atoms with E-state index in [1.54, 1.807) is 22.2 Å². The zero-order chi connectivity index (χ0) is 13.7. The number of hydrazone groups is 1. The summed E-state index contributed by atoms with van der Waals surface area (Å²) in [6, 6.07) is 3.95. The highest BCUT2D eigenvalue weighted by molar-refractivity contribution is 7.10. The van der Waals surface area contributed by atoms with Crippen LogP contribution in [-0.4, -0.2) is 21.4 Å². The molecule has 3 heterocycles. The molecule has 2 aromatic rings. The molecular weight excluding hydrogens is 272 g/mol. The van der Waals surface area contributed by atoms with E-state index in [0.717, 1.165) is 24.4 Å². The molecule has 1 atom stereocenters. The molecule has 0 aromatic carbocycles. The lowest BCUT2D eigenvalue weighted by Crippen LogP contribution is -2.39. The maximum absolute atomic E-state index is 12.3. The number of thiophene rings is 1. The van der Waals surface area contributed by atoms with Gasteiger partial charge in [0.15, 0.2) is 5.82 Å². The molecule has 102 valence electrons. The third-order valence-corrected chi connectivity index (χ3v) is 4.99. The van der Waals surface area contributed by atoms with Crippen LogP contribution in [0.3, 0.4) is 0 Å². The Hall–Kier alpha value is -1.95. The third kappa shape index (κ3) is 1.64. The molecule has 1 unspecified atom stereocenters. The van der Waals surface area contributed by atoms with Crippen molar-refractivity contribution in [3.8, 4) is 0 Å². The van der Waals surface area contributed by atoms with Crippen molar-refractivity contribution >= 4 is 28.8 Å². The average molecular weight is 286 g/mol. The Morgan fingerprint density at radius 1 is 1.40 bits per heavy atom. The number of aromatic nitrogens is 2. The topological polar surface area (TPSA) is 50.5 Å². The highest BCUT2D eigenvalue weighted by atomic mass is 32.1. The lowest BCUT2D eigenvalue weighted by Gasteiger charge is -2.31. The standard InChI is InChI=1S/C14H14N4OS/c1-17-12(4-6-15-17)18-13(19)8-9-2-3-11-10(5-7-20-11)14(9)16-18/h4-7,9H,2-3,8H2,1H3. The van der Waals surface area contributed by atoms with Gasteiger partial charge in [0, 0.05) is 35.9 Å². The molecule has 20 heavy (non-hydrogen) atoms. The van der Waals surface area contributed by atoms with E-state index in [-0.39, 0.29) is 11.8 Å². The van der Waals surface area contributed by atoms with Crippen molar-refractivity contribution in [3.05, 3.63) is 34.2 Å². The Kier molecular flexibility index (Phi) is 2.53. The summed E-state index contributed by atoms with van der Waals surface area (Å²) in [5.74, 6) is 1.05. The monoisotopic (exact) mass is 286 g/mol. The molecule has 2 aliphatic rings. The summed E-state index contributed by atoms with van der Waals surface area (Å²) in [7, 11) is 1.83. The second-order valence-corrected chi connectivity index (χ2v) is 6.20. The number of rotatable bonds is 1. The van der Waals surface area contributed by atoms with Gasteiger partial charge >= 0.3 is 0 Å². The molecule has 0 saturated heterocycles. The zero-order valence-electron chi connectivity index (χ0n) is 11.1. The van der Waals surface area contributed by atoms with Crippen molar-refractivity contribution in [1.29, 1.82) is 0 Å². The lowest BCUT2D eigenvalue weighted by molar-refractivity contribution is -0.119.